The van der Waals surface area contributed by atoms with E-state index in [1.54, 1.807) is 0 Å². The molecule has 78 valence electrons. The molecular formula is C11H24N2. The summed E-state index contributed by atoms with van der Waals surface area (Å²) in [4.78, 5) is 2.62. The summed E-state index contributed by atoms with van der Waals surface area (Å²) in [5, 5.41) is 0. The third-order valence-corrected chi connectivity index (χ3v) is 3.55. The van der Waals surface area contributed by atoms with Crippen LogP contribution in [0.4, 0.5) is 0 Å². The van der Waals surface area contributed by atoms with Crippen molar-refractivity contribution in [3.63, 3.8) is 0 Å². The van der Waals surface area contributed by atoms with Gasteiger partial charge in [-0.25, -0.2) is 0 Å². The summed E-state index contributed by atoms with van der Waals surface area (Å²) >= 11 is 0. The second-order valence-electron chi connectivity index (χ2n) is 4.54. The second kappa shape index (κ2) is 4.43. The summed E-state index contributed by atoms with van der Waals surface area (Å²) in [5.41, 5.74) is 5.95. The fourth-order valence-electron chi connectivity index (χ4n) is 2.51. The third kappa shape index (κ3) is 2.23. The van der Waals surface area contributed by atoms with Gasteiger partial charge in [-0.15, -0.1) is 0 Å². The Morgan fingerprint density at radius 3 is 2.46 bits per heavy atom. The molecule has 4 unspecified atom stereocenters. The van der Waals surface area contributed by atoms with E-state index in [2.05, 4.69) is 32.6 Å². The van der Waals surface area contributed by atoms with Crippen molar-refractivity contribution in [3.8, 4) is 0 Å². The lowest BCUT2D eigenvalue weighted by Crippen LogP contribution is -2.49. The highest BCUT2D eigenvalue weighted by Crippen LogP contribution is 2.28. The zero-order valence-corrected chi connectivity index (χ0v) is 9.46. The Balaban J connectivity index is 2.63. The molecule has 0 aromatic rings. The van der Waals surface area contributed by atoms with Gasteiger partial charge in [0.1, 0.15) is 0 Å². The lowest BCUT2D eigenvalue weighted by molar-refractivity contribution is 0.128. The topological polar surface area (TPSA) is 29.3 Å². The number of nitrogens with two attached hydrogens (primary N) is 1. The molecule has 0 saturated carbocycles. The maximum atomic E-state index is 5.95. The molecule has 0 aliphatic carbocycles. The van der Waals surface area contributed by atoms with E-state index in [4.69, 9.17) is 5.73 Å². The molecule has 1 aliphatic heterocycles. The molecule has 1 heterocycles. The van der Waals surface area contributed by atoms with Gasteiger partial charge in [-0.3, -0.25) is 4.90 Å². The first-order chi connectivity index (χ1) is 6.07. The van der Waals surface area contributed by atoms with E-state index in [-0.39, 0.29) is 6.04 Å². The van der Waals surface area contributed by atoms with Gasteiger partial charge in [-0.1, -0.05) is 6.92 Å². The van der Waals surface area contributed by atoms with E-state index in [0.29, 0.717) is 6.04 Å². The van der Waals surface area contributed by atoms with Crippen LogP contribution < -0.4 is 5.73 Å². The first kappa shape index (κ1) is 11.0. The molecular weight excluding hydrogens is 160 g/mol. The van der Waals surface area contributed by atoms with Crippen LogP contribution in [0.15, 0.2) is 0 Å². The molecule has 1 fully saturated rings. The predicted molar refractivity (Wildman–Crippen MR) is 57.7 cm³/mol. The van der Waals surface area contributed by atoms with Crippen LogP contribution in [0, 0.1) is 0 Å². The van der Waals surface area contributed by atoms with E-state index in [1.165, 1.54) is 19.3 Å². The summed E-state index contributed by atoms with van der Waals surface area (Å²) < 4.78 is 0. The number of rotatable bonds is 3. The van der Waals surface area contributed by atoms with Crippen LogP contribution in [0.3, 0.4) is 0 Å². The SMILES string of the molecule is CCC1CCC(C)N1C(C)C(C)N. The zero-order chi connectivity index (χ0) is 10.0. The van der Waals surface area contributed by atoms with Gasteiger partial charge in [0.2, 0.25) is 0 Å². The predicted octanol–water partition coefficient (Wildman–Crippen LogP) is 1.98. The maximum absolute atomic E-state index is 5.95. The second-order valence-corrected chi connectivity index (χ2v) is 4.54. The van der Waals surface area contributed by atoms with Crippen molar-refractivity contribution in [2.75, 3.05) is 0 Å². The minimum Gasteiger partial charge on any atom is -0.327 e. The van der Waals surface area contributed by atoms with Crippen LogP contribution in [-0.4, -0.2) is 29.1 Å². The van der Waals surface area contributed by atoms with E-state index >= 15 is 0 Å². The standard InChI is InChI=1S/C11H24N2/c1-5-11-7-6-8(2)13(11)10(4)9(3)12/h8-11H,5-7,12H2,1-4H3. The highest BCUT2D eigenvalue weighted by Gasteiger charge is 2.33. The van der Waals surface area contributed by atoms with Crippen LogP contribution >= 0.6 is 0 Å². The van der Waals surface area contributed by atoms with Crippen LogP contribution in [0.5, 0.6) is 0 Å². The molecule has 2 N–H and O–H groups in total. The van der Waals surface area contributed by atoms with Gasteiger partial charge in [-0.2, -0.15) is 0 Å². The van der Waals surface area contributed by atoms with Crippen LogP contribution in [0.25, 0.3) is 0 Å². The van der Waals surface area contributed by atoms with Crippen molar-refractivity contribution in [1.82, 2.24) is 4.90 Å². The Hall–Kier alpha value is -0.0800. The first-order valence-corrected chi connectivity index (χ1v) is 5.61. The summed E-state index contributed by atoms with van der Waals surface area (Å²) in [6.45, 7) is 8.98. The van der Waals surface area contributed by atoms with Crippen molar-refractivity contribution < 1.29 is 0 Å². The summed E-state index contributed by atoms with van der Waals surface area (Å²) in [5.74, 6) is 0. The Bertz CT molecular complexity index is 156. The zero-order valence-electron chi connectivity index (χ0n) is 9.46. The molecule has 0 radical (unpaired) electrons. The molecule has 0 aromatic carbocycles. The third-order valence-electron chi connectivity index (χ3n) is 3.55. The number of likely N-dealkylation sites (tertiary alicyclic amines) is 1. The largest absolute Gasteiger partial charge is 0.327 e. The van der Waals surface area contributed by atoms with Crippen molar-refractivity contribution in [1.29, 1.82) is 0 Å². The molecule has 0 aromatic heterocycles. The number of hydrogen-bond donors (Lipinski definition) is 1. The fraction of sp³-hybridized carbons (Fsp3) is 1.00. The highest BCUT2D eigenvalue weighted by atomic mass is 15.2. The van der Waals surface area contributed by atoms with Crippen LogP contribution in [0.1, 0.15) is 47.0 Å². The Labute approximate surface area is 82.5 Å². The fourth-order valence-corrected chi connectivity index (χ4v) is 2.51. The highest BCUT2D eigenvalue weighted by molar-refractivity contribution is 4.90. The smallest absolute Gasteiger partial charge is 0.0221 e. The summed E-state index contributed by atoms with van der Waals surface area (Å²) in [6, 6.07) is 2.32. The quantitative estimate of drug-likeness (QED) is 0.727. The van der Waals surface area contributed by atoms with Crippen molar-refractivity contribution in [2.24, 2.45) is 5.73 Å². The normalized spacial score (nSPS) is 34.8. The molecule has 0 spiro atoms. The minimum atomic E-state index is 0.287. The summed E-state index contributed by atoms with van der Waals surface area (Å²) in [7, 11) is 0. The Kier molecular flexibility index (Phi) is 3.74. The molecule has 1 rings (SSSR count). The molecule has 0 amide bonds. The van der Waals surface area contributed by atoms with Gasteiger partial charge < -0.3 is 5.73 Å². The van der Waals surface area contributed by atoms with Gasteiger partial charge in [0.25, 0.3) is 0 Å². The number of nitrogens with zero attached hydrogens (tertiary/aromatic N) is 1. The minimum absolute atomic E-state index is 0.287. The lowest BCUT2D eigenvalue weighted by atomic mass is 10.1. The van der Waals surface area contributed by atoms with Gasteiger partial charge in [0.15, 0.2) is 0 Å². The van der Waals surface area contributed by atoms with Crippen molar-refractivity contribution >= 4 is 0 Å². The Morgan fingerprint density at radius 2 is 2.00 bits per heavy atom. The monoisotopic (exact) mass is 184 g/mol. The van der Waals surface area contributed by atoms with E-state index < -0.39 is 0 Å². The molecule has 4 atom stereocenters. The molecule has 1 aliphatic rings. The van der Waals surface area contributed by atoms with Crippen LogP contribution in [0.2, 0.25) is 0 Å². The molecule has 13 heavy (non-hydrogen) atoms. The summed E-state index contributed by atoms with van der Waals surface area (Å²) in [6.07, 6.45) is 3.96. The van der Waals surface area contributed by atoms with Gasteiger partial charge in [0.05, 0.1) is 0 Å². The average molecular weight is 184 g/mol. The molecule has 2 nitrogen and oxygen atoms in total. The van der Waals surface area contributed by atoms with Gasteiger partial charge >= 0.3 is 0 Å². The van der Waals surface area contributed by atoms with Crippen molar-refractivity contribution in [2.45, 2.75) is 71.1 Å². The molecule has 1 saturated heterocycles. The maximum Gasteiger partial charge on any atom is 0.0221 e. The Morgan fingerprint density at radius 1 is 1.38 bits per heavy atom. The van der Waals surface area contributed by atoms with Crippen LogP contribution in [-0.2, 0) is 0 Å². The van der Waals surface area contributed by atoms with Gasteiger partial charge in [0, 0.05) is 24.2 Å². The van der Waals surface area contributed by atoms with Crippen molar-refractivity contribution in [3.05, 3.63) is 0 Å². The lowest BCUT2D eigenvalue weighted by Gasteiger charge is -2.36. The molecule has 0 bridgehead atoms. The van der Waals surface area contributed by atoms with E-state index in [1.807, 2.05) is 0 Å². The first-order valence-electron chi connectivity index (χ1n) is 5.61. The molecule has 2 heteroatoms. The van der Waals surface area contributed by atoms with E-state index in [0.717, 1.165) is 12.1 Å². The number of hydrogen-bond acceptors (Lipinski definition) is 2. The average Bonchev–Trinajstić information content (AvgIpc) is 2.45. The van der Waals surface area contributed by atoms with E-state index in [9.17, 15) is 0 Å². The van der Waals surface area contributed by atoms with Gasteiger partial charge in [-0.05, 0) is 40.0 Å².